The van der Waals surface area contributed by atoms with Crippen molar-refractivity contribution in [3.8, 4) is 11.3 Å². The fraction of sp³-hybridized carbons (Fsp3) is 0.500. The molecule has 1 fully saturated rings. The fourth-order valence-corrected chi connectivity index (χ4v) is 3.28. The van der Waals surface area contributed by atoms with E-state index in [0.29, 0.717) is 25.5 Å². The Kier molecular flexibility index (Phi) is 4.94. The van der Waals surface area contributed by atoms with Crippen molar-refractivity contribution >= 4 is 5.91 Å². The van der Waals surface area contributed by atoms with Gasteiger partial charge < -0.3 is 9.64 Å². The standard InChI is InChI=1S/C18H24N4O2/c1-4-18(23)21-9-13(2)17(11-21)22-10-16(19-20-22)15-7-5-6-14(8-15)12-24-3/h5-8,10,13,17H,4,9,11-12H2,1-3H3/t13-,17+/m1/s1. The molecule has 2 heterocycles. The summed E-state index contributed by atoms with van der Waals surface area (Å²) in [4.78, 5) is 13.9. The van der Waals surface area contributed by atoms with E-state index in [2.05, 4.69) is 23.3 Å². The van der Waals surface area contributed by atoms with Crippen LogP contribution in [0.3, 0.4) is 0 Å². The highest BCUT2D eigenvalue weighted by molar-refractivity contribution is 5.76. The van der Waals surface area contributed by atoms with Crippen molar-refractivity contribution in [1.82, 2.24) is 19.9 Å². The average molecular weight is 328 g/mol. The summed E-state index contributed by atoms with van der Waals surface area (Å²) < 4.78 is 7.09. The van der Waals surface area contributed by atoms with Crippen LogP contribution in [0.25, 0.3) is 11.3 Å². The van der Waals surface area contributed by atoms with E-state index in [1.165, 1.54) is 0 Å². The van der Waals surface area contributed by atoms with Crippen molar-refractivity contribution in [2.45, 2.75) is 32.9 Å². The topological polar surface area (TPSA) is 60.2 Å². The summed E-state index contributed by atoms with van der Waals surface area (Å²) in [5.74, 6) is 0.576. The normalized spacial score (nSPS) is 20.5. The van der Waals surface area contributed by atoms with Gasteiger partial charge in [-0.05, 0) is 17.5 Å². The van der Waals surface area contributed by atoms with Crippen molar-refractivity contribution in [1.29, 1.82) is 0 Å². The number of hydrogen-bond acceptors (Lipinski definition) is 4. The lowest BCUT2D eigenvalue weighted by Gasteiger charge is -2.15. The lowest BCUT2D eigenvalue weighted by molar-refractivity contribution is -0.130. The highest BCUT2D eigenvalue weighted by Gasteiger charge is 2.33. The second-order valence-electron chi connectivity index (χ2n) is 6.41. The number of amides is 1. The Labute approximate surface area is 142 Å². The second kappa shape index (κ2) is 7.13. The van der Waals surface area contributed by atoms with Gasteiger partial charge in [0.15, 0.2) is 0 Å². The zero-order valence-corrected chi connectivity index (χ0v) is 14.5. The molecular weight excluding hydrogens is 304 g/mol. The molecule has 1 aromatic carbocycles. The summed E-state index contributed by atoms with van der Waals surface area (Å²) in [6.45, 7) is 6.14. The predicted octanol–water partition coefficient (Wildman–Crippen LogP) is 2.52. The van der Waals surface area contributed by atoms with Crippen LogP contribution in [0.4, 0.5) is 0 Å². The number of rotatable bonds is 5. The van der Waals surface area contributed by atoms with E-state index in [1.54, 1.807) is 7.11 Å². The van der Waals surface area contributed by atoms with E-state index in [0.717, 1.165) is 23.4 Å². The van der Waals surface area contributed by atoms with Crippen LogP contribution >= 0.6 is 0 Å². The number of methoxy groups -OCH3 is 1. The van der Waals surface area contributed by atoms with Gasteiger partial charge in [-0.15, -0.1) is 5.10 Å². The molecule has 0 radical (unpaired) electrons. The highest BCUT2D eigenvalue weighted by atomic mass is 16.5. The summed E-state index contributed by atoms with van der Waals surface area (Å²) in [6.07, 6.45) is 2.53. The molecule has 6 nitrogen and oxygen atoms in total. The summed E-state index contributed by atoms with van der Waals surface area (Å²) >= 11 is 0. The zero-order valence-electron chi connectivity index (χ0n) is 14.5. The number of nitrogens with zero attached hydrogens (tertiary/aromatic N) is 4. The number of aromatic nitrogens is 3. The number of carbonyl (C=O) groups excluding carboxylic acids is 1. The number of benzene rings is 1. The van der Waals surface area contributed by atoms with Gasteiger partial charge in [-0.3, -0.25) is 4.79 Å². The monoisotopic (exact) mass is 328 g/mol. The molecule has 1 aliphatic heterocycles. The quantitative estimate of drug-likeness (QED) is 0.846. The third kappa shape index (κ3) is 3.33. The van der Waals surface area contributed by atoms with Gasteiger partial charge in [0.25, 0.3) is 0 Å². The van der Waals surface area contributed by atoms with Crippen molar-refractivity contribution < 1.29 is 9.53 Å². The summed E-state index contributed by atoms with van der Waals surface area (Å²) in [5.41, 5.74) is 2.99. The molecule has 0 bridgehead atoms. The highest BCUT2D eigenvalue weighted by Crippen LogP contribution is 2.28. The van der Waals surface area contributed by atoms with Crippen LogP contribution in [0.15, 0.2) is 30.5 Å². The minimum Gasteiger partial charge on any atom is -0.380 e. The molecule has 1 amide bonds. The Morgan fingerprint density at radius 2 is 2.21 bits per heavy atom. The van der Waals surface area contributed by atoms with Crippen LogP contribution in [-0.2, 0) is 16.1 Å². The van der Waals surface area contributed by atoms with Crippen LogP contribution in [0, 0.1) is 5.92 Å². The summed E-state index contributed by atoms with van der Waals surface area (Å²) in [7, 11) is 1.69. The van der Waals surface area contributed by atoms with Crippen molar-refractivity contribution in [3.63, 3.8) is 0 Å². The minimum absolute atomic E-state index is 0.184. The SMILES string of the molecule is CCC(=O)N1C[C@@H](C)[C@@H](n2cc(-c3cccc(COC)c3)nn2)C1. The predicted molar refractivity (Wildman–Crippen MR) is 91.2 cm³/mol. The first-order chi connectivity index (χ1) is 11.6. The van der Waals surface area contributed by atoms with E-state index >= 15 is 0 Å². The van der Waals surface area contributed by atoms with Crippen LogP contribution in [0.1, 0.15) is 31.9 Å². The van der Waals surface area contributed by atoms with Gasteiger partial charge in [0.1, 0.15) is 5.69 Å². The molecule has 0 aliphatic carbocycles. The smallest absolute Gasteiger partial charge is 0.222 e. The molecular formula is C18H24N4O2. The molecule has 128 valence electrons. The molecule has 0 spiro atoms. The zero-order chi connectivity index (χ0) is 17.1. The third-order valence-electron chi connectivity index (χ3n) is 4.61. The van der Waals surface area contributed by atoms with Crippen molar-refractivity contribution in [2.75, 3.05) is 20.2 Å². The van der Waals surface area contributed by atoms with Gasteiger partial charge in [-0.25, -0.2) is 4.68 Å². The fourth-order valence-electron chi connectivity index (χ4n) is 3.28. The molecule has 0 N–H and O–H groups in total. The van der Waals surface area contributed by atoms with Gasteiger partial charge in [0, 0.05) is 32.2 Å². The van der Waals surface area contributed by atoms with Gasteiger partial charge in [-0.2, -0.15) is 0 Å². The van der Waals surface area contributed by atoms with E-state index in [1.807, 2.05) is 40.9 Å². The van der Waals surface area contributed by atoms with Crippen LogP contribution in [0.5, 0.6) is 0 Å². The van der Waals surface area contributed by atoms with Gasteiger partial charge in [-0.1, -0.05) is 37.3 Å². The summed E-state index contributed by atoms with van der Waals surface area (Å²) in [6, 6.07) is 8.32. The third-order valence-corrected chi connectivity index (χ3v) is 4.61. The van der Waals surface area contributed by atoms with Crippen molar-refractivity contribution in [2.24, 2.45) is 5.92 Å². The molecule has 1 saturated heterocycles. The van der Waals surface area contributed by atoms with Gasteiger partial charge >= 0.3 is 0 Å². The molecule has 0 saturated carbocycles. The largest absolute Gasteiger partial charge is 0.380 e. The van der Waals surface area contributed by atoms with E-state index in [9.17, 15) is 4.79 Å². The lowest BCUT2D eigenvalue weighted by Crippen LogP contribution is -2.28. The Morgan fingerprint density at radius 1 is 1.38 bits per heavy atom. The molecule has 24 heavy (non-hydrogen) atoms. The average Bonchev–Trinajstić information content (AvgIpc) is 3.21. The molecule has 1 aliphatic rings. The van der Waals surface area contributed by atoms with Gasteiger partial charge in [0.05, 0.1) is 18.8 Å². The maximum atomic E-state index is 11.9. The maximum absolute atomic E-state index is 11.9. The molecule has 0 unspecified atom stereocenters. The summed E-state index contributed by atoms with van der Waals surface area (Å²) in [5, 5.41) is 8.64. The Morgan fingerprint density at radius 3 is 2.96 bits per heavy atom. The van der Waals surface area contributed by atoms with E-state index < -0.39 is 0 Å². The number of carbonyl (C=O) groups is 1. The number of likely N-dealkylation sites (tertiary alicyclic amines) is 1. The van der Waals surface area contributed by atoms with E-state index in [4.69, 9.17) is 4.74 Å². The van der Waals surface area contributed by atoms with Gasteiger partial charge in [0.2, 0.25) is 5.91 Å². The van der Waals surface area contributed by atoms with Crippen LogP contribution in [0.2, 0.25) is 0 Å². The number of hydrogen-bond donors (Lipinski definition) is 0. The minimum atomic E-state index is 0.184. The Hall–Kier alpha value is -2.21. The first-order valence-corrected chi connectivity index (χ1v) is 8.40. The van der Waals surface area contributed by atoms with E-state index in [-0.39, 0.29) is 11.9 Å². The van der Waals surface area contributed by atoms with Crippen molar-refractivity contribution in [3.05, 3.63) is 36.0 Å². The first kappa shape index (κ1) is 16.6. The molecule has 3 rings (SSSR count). The lowest BCUT2D eigenvalue weighted by atomic mass is 10.1. The second-order valence-corrected chi connectivity index (χ2v) is 6.41. The Bertz CT molecular complexity index is 713. The first-order valence-electron chi connectivity index (χ1n) is 8.40. The maximum Gasteiger partial charge on any atom is 0.222 e. The molecule has 6 heteroatoms. The molecule has 1 aromatic heterocycles. The Balaban J connectivity index is 1.78. The number of ether oxygens (including phenoxy) is 1. The van der Waals surface area contributed by atoms with Crippen LogP contribution in [-0.4, -0.2) is 46.0 Å². The molecule has 2 atom stereocenters. The van der Waals surface area contributed by atoms with Crippen LogP contribution < -0.4 is 0 Å². The molecule has 2 aromatic rings.